The second-order valence-corrected chi connectivity index (χ2v) is 7.72. The maximum Gasteiger partial charge on any atom is 0.374 e. The van der Waals surface area contributed by atoms with Gasteiger partial charge >= 0.3 is 5.97 Å². The minimum Gasteiger partial charge on any atom is -0.457 e. The molecule has 0 amide bonds. The van der Waals surface area contributed by atoms with E-state index in [9.17, 15) is 18.3 Å². The first-order valence-corrected chi connectivity index (χ1v) is 8.79. The van der Waals surface area contributed by atoms with Gasteiger partial charge in [0.05, 0.1) is 26.9 Å². The molecule has 0 aliphatic carbocycles. The summed E-state index contributed by atoms with van der Waals surface area (Å²) in [4.78, 5) is 11.7. The zero-order chi connectivity index (χ0) is 17.7. The number of aliphatic hydroxyl groups excluding tert-OH is 1. The van der Waals surface area contributed by atoms with E-state index in [0.29, 0.717) is 17.4 Å². The van der Waals surface area contributed by atoms with Crippen molar-refractivity contribution in [3.05, 3.63) is 24.2 Å². The van der Waals surface area contributed by atoms with Crippen molar-refractivity contribution in [1.82, 2.24) is 0 Å². The number of rotatable bonds is 9. The van der Waals surface area contributed by atoms with E-state index in [1.54, 1.807) is 13.0 Å². The lowest BCUT2D eigenvalue weighted by atomic mass is 10.2. The maximum absolute atomic E-state index is 11.7. The molecular weight excluding hydrogens is 326 g/mol. The second kappa shape index (κ2) is 7.91. The Bertz CT molecular complexity index is 595. The molecule has 9 heteroatoms. The average molecular weight is 350 g/mol. The zero-order valence-corrected chi connectivity index (χ0v) is 14.3. The minimum atomic E-state index is -4.21. The number of likely N-dealkylation sites (N-methyl/N-ethyl adjacent to an activating group) is 1. The number of ether oxygens (including phenoxy) is 1. The van der Waals surface area contributed by atoms with E-state index in [2.05, 4.69) is 0 Å². The third-order valence-electron chi connectivity index (χ3n) is 3.28. The Morgan fingerprint density at radius 2 is 2.09 bits per heavy atom. The van der Waals surface area contributed by atoms with Gasteiger partial charge in [0.25, 0.3) is 10.1 Å². The van der Waals surface area contributed by atoms with Gasteiger partial charge in [0.1, 0.15) is 24.5 Å². The van der Waals surface area contributed by atoms with Crippen molar-refractivity contribution in [2.24, 2.45) is 0 Å². The van der Waals surface area contributed by atoms with Crippen LogP contribution in [0.3, 0.4) is 0 Å². The van der Waals surface area contributed by atoms with Crippen LogP contribution in [0.1, 0.15) is 23.9 Å². The summed E-state index contributed by atoms with van der Waals surface area (Å²) in [6.07, 6.45) is 0.389. The first-order valence-electron chi connectivity index (χ1n) is 7.18. The third-order valence-corrected chi connectivity index (χ3v) is 4.09. The molecule has 0 aliphatic heterocycles. The highest BCUT2D eigenvalue weighted by molar-refractivity contribution is 7.85. The Morgan fingerprint density at radius 1 is 1.43 bits per heavy atom. The Hall–Kier alpha value is -1.42. The molecule has 132 valence electrons. The van der Waals surface area contributed by atoms with Gasteiger partial charge in [0.2, 0.25) is 5.76 Å². The van der Waals surface area contributed by atoms with Crippen LogP contribution in [0.5, 0.6) is 0 Å². The summed E-state index contributed by atoms with van der Waals surface area (Å²) < 4.78 is 40.7. The summed E-state index contributed by atoms with van der Waals surface area (Å²) in [7, 11) is -0.580. The lowest BCUT2D eigenvalue weighted by Crippen LogP contribution is -2.48. The maximum atomic E-state index is 11.7. The summed E-state index contributed by atoms with van der Waals surface area (Å²) in [5, 5.41) is 9.70. The van der Waals surface area contributed by atoms with Crippen molar-refractivity contribution in [2.75, 3.05) is 32.9 Å². The van der Waals surface area contributed by atoms with Crippen molar-refractivity contribution >= 4 is 16.1 Å². The number of carbonyl (C=O) groups is 1. The van der Waals surface area contributed by atoms with Crippen LogP contribution in [0.2, 0.25) is 0 Å². The van der Waals surface area contributed by atoms with E-state index < -0.39 is 27.9 Å². The van der Waals surface area contributed by atoms with E-state index in [-0.39, 0.29) is 18.4 Å². The second-order valence-electron chi connectivity index (χ2n) is 6.23. The largest absolute Gasteiger partial charge is 0.457 e. The zero-order valence-electron chi connectivity index (χ0n) is 13.5. The van der Waals surface area contributed by atoms with Crippen LogP contribution in [0.15, 0.2) is 22.8 Å². The average Bonchev–Trinajstić information content (AvgIpc) is 2.87. The molecule has 0 aromatic carbocycles. The summed E-state index contributed by atoms with van der Waals surface area (Å²) in [6, 6.07) is 3.11. The van der Waals surface area contributed by atoms with Gasteiger partial charge in [-0.2, -0.15) is 8.42 Å². The fourth-order valence-electron chi connectivity index (χ4n) is 2.18. The molecule has 0 radical (unpaired) electrons. The molecule has 0 fully saturated rings. The number of esters is 1. The summed E-state index contributed by atoms with van der Waals surface area (Å²) in [5.74, 6) is -1.11. The summed E-state index contributed by atoms with van der Waals surface area (Å²) in [6.45, 7) is 2.45. The van der Waals surface area contributed by atoms with Crippen molar-refractivity contribution in [1.29, 1.82) is 0 Å². The van der Waals surface area contributed by atoms with Gasteiger partial charge in [0.15, 0.2) is 0 Å². The smallest absolute Gasteiger partial charge is 0.374 e. The van der Waals surface area contributed by atoms with Crippen LogP contribution in [-0.2, 0) is 14.9 Å². The van der Waals surface area contributed by atoms with Gasteiger partial charge in [0, 0.05) is 6.42 Å². The fourth-order valence-corrected chi connectivity index (χ4v) is 2.78. The van der Waals surface area contributed by atoms with Crippen molar-refractivity contribution < 1.29 is 36.5 Å². The lowest BCUT2D eigenvalue weighted by molar-refractivity contribution is -0.893. The van der Waals surface area contributed by atoms with Crippen LogP contribution in [0.25, 0.3) is 0 Å². The molecule has 0 aliphatic rings. The molecule has 8 nitrogen and oxygen atoms in total. The summed E-state index contributed by atoms with van der Waals surface area (Å²) in [5.41, 5.74) is 0. The van der Waals surface area contributed by atoms with Crippen LogP contribution in [0.4, 0.5) is 0 Å². The number of hydrogen-bond acceptors (Lipinski definition) is 6. The molecule has 0 saturated heterocycles. The van der Waals surface area contributed by atoms with Crippen LogP contribution < -0.4 is 0 Å². The van der Waals surface area contributed by atoms with Gasteiger partial charge < -0.3 is 18.7 Å². The van der Waals surface area contributed by atoms with Crippen molar-refractivity contribution in [3.8, 4) is 0 Å². The van der Waals surface area contributed by atoms with E-state index in [1.165, 1.54) is 12.3 Å². The number of aliphatic hydroxyl groups is 1. The monoisotopic (exact) mass is 350 g/mol. The van der Waals surface area contributed by atoms with E-state index in [1.807, 2.05) is 14.1 Å². The van der Waals surface area contributed by atoms with Crippen molar-refractivity contribution in [2.45, 2.75) is 25.6 Å². The summed E-state index contributed by atoms with van der Waals surface area (Å²) >= 11 is 0. The first kappa shape index (κ1) is 19.6. The predicted octanol–water partition coefficient (Wildman–Crippen LogP) is 0.540. The Balaban J connectivity index is 2.41. The number of hydrogen-bond donors (Lipinski definition) is 2. The molecule has 2 atom stereocenters. The topological polar surface area (TPSA) is 114 Å². The van der Waals surface area contributed by atoms with Crippen LogP contribution >= 0.6 is 0 Å². The molecule has 1 heterocycles. The first-order chi connectivity index (χ1) is 10.5. The van der Waals surface area contributed by atoms with Gasteiger partial charge in [-0.05, 0) is 19.1 Å². The minimum absolute atomic E-state index is 0.133. The predicted molar refractivity (Wildman–Crippen MR) is 82.5 cm³/mol. The molecule has 2 unspecified atom stereocenters. The molecule has 1 aromatic rings. The van der Waals surface area contributed by atoms with E-state index >= 15 is 0 Å². The highest BCUT2D eigenvalue weighted by Gasteiger charge is 2.25. The Kier molecular flexibility index (Phi) is 6.75. The number of nitrogens with zero attached hydrogens (tertiary/aromatic N) is 1. The highest BCUT2D eigenvalue weighted by atomic mass is 32.2. The van der Waals surface area contributed by atoms with Crippen LogP contribution in [-0.4, -0.2) is 73.7 Å². The Labute approximate surface area is 136 Å². The molecule has 1 aromatic heterocycles. The van der Waals surface area contributed by atoms with Crippen LogP contribution in [0, 0.1) is 0 Å². The van der Waals surface area contributed by atoms with Gasteiger partial charge in [-0.3, -0.25) is 4.55 Å². The highest BCUT2D eigenvalue weighted by Crippen LogP contribution is 2.10. The standard InChI is InChI=1S/C14H23NO7S/c1-11(22-14(17)13-5-4-8-21-13)6-7-15(2,3)9-12(16)10-23(18,19)20/h4-5,8,11-12,16H,6-7,9-10H2,1-3H3/p+1. The lowest BCUT2D eigenvalue weighted by Gasteiger charge is -2.32. The molecule has 23 heavy (non-hydrogen) atoms. The SMILES string of the molecule is CC(CC[N+](C)(C)CC(O)CS(=O)(=O)O)OC(=O)c1ccco1. The van der Waals surface area contributed by atoms with E-state index in [0.717, 1.165) is 0 Å². The molecule has 0 spiro atoms. The van der Waals surface area contributed by atoms with Crippen molar-refractivity contribution in [3.63, 3.8) is 0 Å². The van der Waals surface area contributed by atoms with Gasteiger partial charge in [-0.1, -0.05) is 0 Å². The molecule has 2 N–H and O–H groups in total. The number of furan rings is 1. The van der Waals surface area contributed by atoms with Gasteiger partial charge in [-0.25, -0.2) is 4.79 Å². The molecule has 1 rings (SSSR count). The fraction of sp³-hybridized carbons (Fsp3) is 0.643. The molecule has 0 saturated carbocycles. The third kappa shape index (κ3) is 8.12. The van der Waals surface area contributed by atoms with E-state index in [4.69, 9.17) is 13.7 Å². The Morgan fingerprint density at radius 3 is 2.61 bits per heavy atom. The quantitative estimate of drug-likeness (QED) is 0.379. The van der Waals surface area contributed by atoms with Gasteiger partial charge in [-0.15, -0.1) is 0 Å². The number of carbonyl (C=O) groups excluding carboxylic acids is 1. The molecule has 0 bridgehead atoms. The molecular formula is C14H24NO7S+. The number of quaternary nitrogens is 1. The normalized spacial score (nSPS) is 15.2.